The number of amides is 1. The van der Waals surface area contributed by atoms with Crippen LogP contribution < -0.4 is 0 Å². The van der Waals surface area contributed by atoms with E-state index in [1.807, 2.05) is 10.6 Å². The summed E-state index contributed by atoms with van der Waals surface area (Å²) in [5.74, 6) is 0.0335. The molecule has 2 aromatic heterocycles. The molecule has 0 bridgehead atoms. The van der Waals surface area contributed by atoms with E-state index in [9.17, 15) is 18.7 Å². The van der Waals surface area contributed by atoms with Crippen molar-refractivity contribution in [1.29, 1.82) is 0 Å². The Morgan fingerprint density at radius 2 is 1.81 bits per heavy atom. The molecule has 1 fully saturated rings. The smallest absolute Gasteiger partial charge is 0.408 e. The maximum Gasteiger partial charge on any atom is 0.408 e. The standard InChI is InChI=1S/C22H20ClF2N5O2/c23-15-5-6-18-14(7-15)10-29(22(31)32)11-19-27-28-21(30(18)19)13-3-1-12(2-4-13)20-17(25)8-16(24)9-26-20/h5-9,12-13H,1-4,10-11H2,(H,31,32). The molecule has 0 spiro atoms. The van der Waals surface area contributed by atoms with Crippen LogP contribution in [-0.2, 0) is 13.1 Å². The van der Waals surface area contributed by atoms with Crippen molar-refractivity contribution in [3.63, 3.8) is 0 Å². The topological polar surface area (TPSA) is 84.1 Å². The first-order chi connectivity index (χ1) is 15.4. The number of benzene rings is 1. The minimum Gasteiger partial charge on any atom is -0.465 e. The average molecular weight is 460 g/mol. The number of carboxylic acid groups (broad SMARTS) is 1. The summed E-state index contributed by atoms with van der Waals surface area (Å²) in [5, 5.41) is 18.9. The summed E-state index contributed by atoms with van der Waals surface area (Å²) >= 11 is 6.18. The quantitative estimate of drug-likeness (QED) is 0.581. The van der Waals surface area contributed by atoms with Gasteiger partial charge in [-0.3, -0.25) is 14.5 Å². The fraction of sp³-hybridized carbons (Fsp3) is 0.364. The van der Waals surface area contributed by atoms with E-state index in [0.717, 1.165) is 42.2 Å². The molecular formula is C22H20ClF2N5O2. The van der Waals surface area contributed by atoms with Crippen LogP contribution in [0.15, 0.2) is 30.5 Å². The molecule has 3 aromatic rings. The highest BCUT2D eigenvalue weighted by atomic mass is 35.5. The molecule has 32 heavy (non-hydrogen) atoms. The van der Waals surface area contributed by atoms with Crippen molar-refractivity contribution in [3.05, 3.63) is 70.0 Å². The van der Waals surface area contributed by atoms with Crippen LogP contribution in [-0.4, -0.2) is 35.8 Å². The molecule has 10 heteroatoms. The Labute approximate surface area is 187 Å². The number of hydrogen-bond acceptors (Lipinski definition) is 4. The Hall–Kier alpha value is -3.07. The van der Waals surface area contributed by atoms with Gasteiger partial charge in [0, 0.05) is 22.9 Å². The van der Waals surface area contributed by atoms with Crippen molar-refractivity contribution in [1.82, 2.24) is 24.6 Å². The third kappa shape index (κ3) is 3.70. The lowest BCUT2D eigenvalue weighted by molar-refractivity contribution is 0.139. The normalized spacial score (nSPS) is 20.4. The number of rotatable bonds is 2. The molecule has 2 aliphatic rings. The Bertz CT molecular complexity index is 1190. The number of halogens is 3. The molecule has 1 saturated carbocycles. The van der Waals surface area contributed by atoms with Gasteiger partial charge in [0.1, 0.15) is 17.5 Å². The van der Waals surface area contributed by atoms with Gasteiger partial charge < -0.3 is 5.11 Å². The van der Waals surface area contributed by atoms with E-state index in [0.29, 0.717) is 29.4 Å². The SMILES string of the molecule is O=C(O)N1Cc2cc(Cl)ccc2-n2c(nnc2C2CCC(c3ncc(F)cc3F)CC2)C1. The van der Waals surface area contributed by atoms with Gasteiger partial charge in [0.2, 0.25) is 0 Å². The third-order valence-electron chi connectivity index (χ3n) is 6.32. The average Bonchev–Trinajstić information content (AvgIpc) is 3.09. The number of aromatic nitrogens is 4. The molecule has 1 amide bonds. The van der Waals surface area contributed by atoms with Crippen molar-refractivity contribution in [2.75, 3.05) is 0 Å². The lowest BCUT2D eigenvalue weighted by Crippen LogP contribution is -2.27. The van der Waals surface area contributed by atoms with E-state index in [1.165, 1.54) is 4.90 Å². The highest BCUT2D eigenvalue weighted by Gasteiger charge is 2.32. The van der Waals surface area contributed by atoms with Gasteiger partial charge in [0.15, 0.2) is 5.82 Å². The zero-order chi connectivity index (χ0) is 22.4. The Balaban J connectivity index is 1.45. The van der Waals surface area contributed by atoms with E-state index < -0.39 is 17.7 Å². The molecule has 3 heterocycles. The summed E-state index contributed by atoms with van der Waals surface area (Å²) in [4.78, 5) is 17.0. The Kier molecular flexibility index (Phi) is 5.28. The van der Waals surface area contributed by atoms with Crippen LogP contribution >= 0.6 is 11.6 Å². The van der Waals surface area contributed by atoms with Gasteiger partial charge in [-0.15, -0.1) is 10.2 Å². The predicted molar refractivity (Wildman–Crippen MR) is 112 cm³/mol. The highest BCUT2D eigenvalue weighted by molar-refractivity contribution is 6.30. The molecule has 5 rings (SSSR count). The number of carbonyl (C=O) groups is 1. The fourth-order valence-corrected chi connectivity index (χ4v) is 4.97. The second-order valence-corrected chi connectivity index (χ2v) is 8.73. The maximum absolute atomic E-state index is 14.2. The molecule has 0 saturated heterocycles. The van der Waals surface area contributed by atoms with Gasteiger partial charge in [-0.25, -0.2) is 13.6 Å². The molecule has 1 aliphatic carbocycles. The first-order valence-electron chi connectivity index (χ1n) is 10.4. The highest BCUT2D eigenvalue weighted by Crippen LogP contribution is 2.41. The Morgan fingerprint density at radius 1 is 1.06 bits per heavy atom. The zero-order valence-corrected chi connectivity index (χ0v) is 17.8. The molecule has 1 N–H and O–H groups in total. The minimum atomic E-state index is -1.04. The fourth-order valence-electron chi connectivity index (χ4n) is 4.78. The summed E-state index contributed by atoms with van der Waals surface area (Å²) in [5.41, 5.74) is 1.91. The van der Waals surface area contributed by atoms with Crippen molar-refractivity contribution >= 4 is 17.7 Å². The van der Waals surface area contributed by atoms with Gasteiger partial charge in [-0.2, -0.15) is 0 Å². The van der Waals surface area contributed by atoms with Crippen molar-refractivity contribution in [2.45, 2.75) is 50.6 Å². The third-order valence-corrected chi connectivity index (χ3v) is 6.55. The van der Waals surface area contributed by atoms with Gasteiger partial charge in [-0.1, -0.05) is 11.6 Å². The molecule has 1 aliphatic heterocycles. The van der Waals surface area contributed by atoms with E-state index in [4.69, 9.17) is 11.6 Å². The summed E-state index contributed by atoms with van der Waals surface area (Å²) in [6.45, 7) is 0.324. The monoisotopic (exact) mass is 459 g/mol. The van der Waals surface area contributed by atoms with Gasteiger partial charge in [0.05, 0.1) is 30.7 Å². The molecule has 166 valence electrons. The number of fused-ring (bicyclic) bond motifs is 3. The maximum atomic E-state index is 14.2. The molecular weight excluding hydrogens is 440 g/mol. The van der Waals surface area contributed by atoms with Crippen LogP contribution in [0.4, 0.5) is 13.6 Å². The van der Waals surface area contributed by atoms with Crippen LogP contribution in [0.3, 0.4) is 0 Å². The molecule has 1 aromatic carbocycles. The van der Waals surface area contributed by atoms with Gasteiger partial charge in [0.25, 0.3) is 0 Å². The van der Waals surface area contributed by atoms with E-state index in [2.05, 4.69) is 15.2 Å². The summed E-state index contributed by atoms with van der Waals surface area (Å²) in [6, 6.07) is 6.28. The largest absolute Gasteiger partial charge is 0.465 e. The van der Waals surface area contributed by atoms with Gasteiger partial charge >= 0.3 is 6.09 Å². The van der Waals surface area contributed by atoms with Crippen LogP contribution in [0.2, 0.25) is 5.02 Å². The first kappa shape index (κ1) is 20.8. The lowest BCUT2D eigenvalue weighted by Gasteiger charge is -2.28. The van der Waals surface area contributed by atoms with Crippen LogP contribution in [0.1, 0.15) is 60.4 Å². The van der Waals surface area contributed by atoms with Crippen LogP contribution in [0.25, 0.3) is 5.69 Å². The van der Waals surface area contributed by atoms with Crippen LogP contribution in [0.5, 0.6) is 0 Å². The summed E-state index contributed by atoms with van der Waals surface area (Å²) in [7, 11) is 0. The number of pyridine rings is 1. The first-order valence-corrected chi connectivity index (χ1v) is 10.8. The molecule has 0 atom stereocenters. The van der Waals surface area contributed by atoms with Gasteiger partial charge in [-0.05, 0) is 49.4 Å². The second kappa shape index (κ2) is 8.12. The molecule has 7 nitrogen and oxygen atoms in total. The molecule has 0 unspecified atom stereocenters. The van der Waals surface area contributed by atoms with E-state index in [-0.39, 0.29) is 24.9 Å². The van der Waals surface area contributed by atoms with Crippen molar-refractivity contribution in [2.24, 2.45) is 0 Å². The summed E-state index contributed by atoms with van der Waals surface area (Å²) in [6.07, 6.45) is 2.89. The van der Waals surface area contributed by atoms with Crippen LogP contribution in [0, 0.1) is 11.6 Å². The van der Waals surface area contributed by atoms with Crippen molar-refractivity contribution < 1.29 is 18.7 Å². The zero-order valence-electron chi connectivity index (χ0n) is 17.0. The van der Waals surface area contributed by atoms with Crippen molar-refractivity contribution in [3.8, 4) is 5.69 Å². The van der Waals surface area contributed by atoms with E-state index >= 15 is 0 Å². The minimum absolute atomic E-state index is 0.0769. The molecule has 0 radical (unpaired) electrons. The predicted octanol–water partition coefficient (Wildman–Crippen LogP) is 5.03. The summed E-state index contributed by atoms with van der Waals surface area (Å²) < 4.78 is 29.3. The lowest BCUT2D eigenvalue weighted by atomic mass is 9.79. The second-order valence-electron chi connectivity index (χ2n) is 8.29. The Morgan fingerprint density at radius 3 is 2.53 bits per heavy atom. The number of nitrogens with zero attached hydrogens (tertiary/aromatic N) is 5. The number of hydrogen-bond donors (Lipinski definition) is 1. The van der Waals surface area contributed by atoms with E-state index in [1.54, 1.807) is 12.1 Å².